The van der Waals surface area contributed by atoms with Crippen LogP contribution in [0.25, 0.3) is 5.57 Å². The fraction of sp³-hybridized carbons (Fsp3) is 0.0769. The lowest BCUT2D eigenvalue weighted by Gasteiger charge is -2.07. The van der Waals surface area contributed by atoms with Crippen LogP contribution in [0, 0.1) is 5.82 Å². The van der Waals surface area contributed by atoms with Crippen LogP contribution in [0.15, 0.2) is 55.5 Å². The smallest absolute Gasteiger partial charge is 0.123 e. The highest BCUT2D eigenvalue weighted by Gasteiger charge is 2.02. The number of rotatable bonds is 4. The van der Waals surface area contributed by atoms with Crippen molar-refractivity contribution in [3.8, 4) is 0 Å². The van der Waals surface area contributed by atoms with E-state index in [1.54, 1.807) is 18.2 Å². The summed E-state index contributed by atoms with van der Waals surface area (Å²) in [7, 11) is 0. The van der Waals surface area contributed by atoms with E-state index in [9.17, 15) is 4.39 Å². The van der Waals surface area contributed by atoms with Gasteiger partial charge in [-0.1, -0.05) is 31.4 Å². The molecule has 1 aromatic rings. The number of allylic oxidation sites excluding steroid dienone is 3. The Morgan fingerprint density at radius 2 is 1.87 bits per heavy atom. The van der Waals surface area contributed by atoms with Gasteiger partial charge in [-0.25, -0.2) is 4.39 Å². The first kappa shape index (κ1) is 11.2. The number of hydrogen-bond acceptors (Lipinski definition) is 1. The van der Waals surface area contributed by atoms with Crippen LogP contribution >= 0.6 is 0 Å². The molecule has 0 saturated heterocycles. The summed E-state index contributed by atoms with van der Waals surface area (Å²) in [5.41, 5.74) is 1.70. The zero-order valence-electron chi connectivity index (χ0n) is 8.66. The van der Waals surface area contributed by atoms with Gasteiger partial charge in [-0.2, -0.15) is 0 Å². The predicted molar refractivity (Wildman–Crippen MR) is 60.5 cm³/mol. The zero-order valence-corrected chi connectivity index (χ0v) is 8.66. The Morgan fingerprint density at radius 3 is 2.33 bits per heavy atom. The molecule has 15 heavy (non-hydrogen) atoms. The minimum absolute atomic E-state index is 0.260. The van der Waals surface area contributed by atoms with E-state index in [2.05, 4.69) is 13.2 Å². The van der Waals surface area contributed by atoms with Crippen LogP contribution in [0.5, 0.6) is 0 Å². The largest absolute Gasteiger partial charge is 0.470 e. The Morgan fingerprint density at radius 1 is 1.27 bits per heavy atom. The average molecular weight is 204 g/mol. The first-order valence-corrected chi connectivity index (χ1v) is 4.56. The van der Waals surface area contributed by atoms with Crippen molar-refractivity contribution in [2.75, 3.05) is 0 Å². The summed E-state index contributed by atoms with van der Waals surface area (Å²) in [5.74, 6) is 0.427. The second-order valence-corrected chi connectivity index (χ2v) is 2.97. The first-order chi connectivity index (χ1) is 7.19. The highest BCUT2D eigenvalue weighted by Crippen LogP contribution is 2.20. The van der Waals surface area contributed by atoms with Crippen molar-refractivity contribution in [3.63, 3.8) is 0 Å². The first-order valence-electron chi connectivity index (χ1n) is 4.56. The summed E-state index contributed by atoms with van der Waals surface area (Å²) in [4.78, 5) is 0. The van der Waals surface area contributed by atoms with Crippen LogP contribution in [0.3, 0.4) is 0 Å². The molecule has 1 rings (SSSR count). The van der Waals surface area contributed by atoms with Gasteiger partial charge in [0.05, 0.1) is 6.26 Å². The Balaban J connectivity index is 3.12. The molecule has 0 aliphatic heterocycles. The van der Waals surface area contributed by atoms with Crippen LogP contribution < -0.4 is 0 Å². The van der Waals surface area contributed by atoms with Gasteiger partial charge in [-0.15, -0.1) is 0 Å². The molecule has 0 aromatic heterocycles. The van der Waals surface area contributed by atoms with Crippen LogP contribution in [0.4, 0.5) is 4.39 Å². The topological polar surface area (TPSA) is 9.23 Å². The average Bonchev–Trinajstić information content (AvgIpc) is 2.22. The molecular formula is C13H13FO. The van der Waals surface area contributed by atoms with Gasteiger partial charge in [-0.3, -0.25) is 0 Å². The van der Waals surface area contributed by atoms with Gasteiger partial charge >= 0.3 is 0 Å². The van der Waals surface area contributed by atoms with E-state index in [1.807, 2.05) is 6.92 Å². The standard InChI is InChI=1S/C13H13FO/c1-4-13(10(3)15-5-2)11-6-8-12(14)9-7-11/h4-9H,1-2H2,3H3/b13-10-. The van der Waals surface area contributed by atoms with Crippen molar-refractivity contribution in [2.24, 2.45) is 0 Å². The fourth-order valence-corrected chi connectivity index (χ4v) is 1.28. The van der Waals surface area contributed by atoms with Gasteiger partial charge in [0, 0.05) is 5.57 Å². The van der Waals surface area contributed by atoms with Gasteiger partial charge in [0.2, 0.25) is 0 Å². The van der Waals surface area contributed by atoms with Crippen LogP contribution in [0.2, 0.25) is 0 Å². The van der Waals surface area contributed by atoms with E-state index in [0.29, 0.717) is 5.76 Å². The maximum Gasteiger partial charge on any atom is 0.123 e. The number of benzene rings is 1. The highest BCUT2D eigenvalue weighted by atomic mass is 19.1. The van der Waals surface area contributed by atoms with Crippen molar-refractivity contribution < 1.29 is 9.13 Å². The summed E-state index contributed by atoms with van der Waals surface area (Å²) < 4.78 is 17.9. The molecule has 0 aliphatic rings. The molecule has 0 radical (unpaired) electrons. The van der Waals surface area contributed by atoms with E-state index in [1.165, 1.54) is 18.4 Å². The van der Waals surface area contributed by atoms with Crippen molar-refractivity contribution >= 4 is 5.57 Å². The zero-order chi connectivity index (χ0) is 11.3. The quantitative estimate of drug-likeness (QED) is 0.533. The molecular weight excluding hydrogens is 191 g/mol. The van der Waals surface area contributed by atoms with E-state index in [4.69, 9.17) is 4.74 Å². The molecule has 0 aliphatic carbocycles. The monoisotopic (exact) mass is 204 g/mol. The maximum absolute atomic E-state index is 12.7. The van der Waals surface area contributed by atoms with E-state index in [0.717, 1.165) is 11.1 Å². The van der Waals surface area contributed by atoms with Gasteiger partial charge in [0.1, 0.15) is 11.6 Å². The molecule has 0 atom stereocenters. The Labute approximate surface area is 89.2 Å². The second-order valence-electron chi connectivity index (χ2n) is 2.97. The van der Waals surface area contributed by atoms with Gasteiger partial charge in [0.15, 0.2) is 0 Å². The summed E-state index contributed by atoms with van der Waals surface area (Å²) in [6.45, 7) is 8.98. The molecule has 1 nitrogen and oxygen atoms in total. The summed E-state index contributed by atoms with van der Waals surface area (Å²) in [6, 6.07) is 6.17. The Kier molecular flexibility index (Phi) is 3.86. The minimum atomic E-state index is -0.260. The Hall–Kier alpha value is -1.83. The van der Waals surface area contributed by atoms with Crippen molar-refractivity contribution in [1.29, 1.82) is 0 Å². The molecule has 0 bridgehead atoms. The molecule has 0 unspecified atom stereocenters. The van der Waals surface area contributed by atoms with Crippen molar-refractivity contribution in [2.45, 2.75) is 6.92 Å². The maximum atomic E-state index is 12.7. The highest BCUT2D eigenvalue weighted by molar-refractivity contribution is 5.74. The lowest BCUT2D eigenvalue weighted by Crippen LogP contribution is -1.88. The summed E-state index contributed by atoms with van der Waals surface area (Å²) in [6.07, 6.45) is 3.02. The lowest BCUT2D eigenvalue weighted by molar-refractivity contribution is 0.358. The molecule has 0 N–H and O–H groups in total. The third-order valence-electron chi connectivity index (χ3n) is 2.00. The van der Waals surface area contributed by atoms with Crippen molar-refractivity contribution in [1.82, 2.24) is 0 Å². The predicted octanol–water partition coefficient (Wildman–Crippen LogP) is 3.90. The van der Waals surface area contributed by atoms with E-state index >= 15 is 0 Å². The van der Waals surface area contributed by atoms with E-state index in [-0.39, 0.29) is 5.82 Å². The number of hydrogen-bond donors (Lipinski definition) is 0. The summed E-state index contributed by atoms with van der Waals surface area (Å²) >= 11 is 0. The van der Waals surface area contributed by atoms with Gasteiger partial charge in [0.25, 0.3) is 0 Å². The number of halogens is 1. The normalized spacial score (nSPS) is 11.6. The third-order valence-corrected chi connectivity index (χ3v) is 2.00. The Bertz CT molecular complexity index is 388. The molecule has 1 aromatic carbocycles. The molecule has 0 fully saturated rings. The van der Waals surface area contributed by atoms with E-state index < -0.39 is 0 Å². The molecule has 0 spiro atoms. The SMILES string of the molecule is C=CO/C(C)=C(/C=C)c1ccc(F)cc1. The summed E-state index contributed by atoms with van der Waals surface area (Å²) in [5, 5.41) is 0. The molecule has 2 heteroatoms. The van der Waals surface area contributed by atoms with Crippen LogP contribution in [-0.4, -0.2) is 0 Å². The molecule has 0 saturated carbocycles. The third kappa shape index (κ3) is 2.81. The van der Waals surface area contributed by atoms with Crippen molar-refractivity contribution in [3.05, 3.63) is 66.9 Å². The van der Waals surface area contributed by atoms with Crippen LogP contribution in [-0.2, 0) is 4.74 Å². The molecule has 0 heterocycles. The van der Waals surface area contributed by atoms with Gasteiger partial charge in [-0.05, 0) is 24.6 Å². The van der Waals surface area contributed by atoms with Crippen LogP contribution in [0.1, 0.15) is 12.5 Å². The lowest BCUT2D eigenvalue weighted by atomic mass is 10.1. The molecule has 78 valence electrons. The van der Waals surface area contributed by atoms with Gasteiger partial charge < -0.3 is 4.74 Å². The fourth-order valence-electron chi connectivity index (χ4n) is 1.28. The molecule has 0 amide bonds. The minimum Gasteiger partial charge on any atom is -0.470 e. The number of ether oxygens (including phenoxy) is 1. The second kappa shape index (κ2) is 5.15.